The van der Waals surface area contributed by atoms with Gasteiger partial charge in [0.15, 0.2) is 10.6 Å². The van der Waals surface area contributed by atoms with E-state index in [9.17, 15) is 4.79 Å². The summed E-state index contributed by atoms with van der Waals surface area (Å²) in [5.41, 5.74) is -0.162. The fourth-order valence-electron chi connectivity index (χ4n) is 5.93. The third-order valence-electron chi connectivity index (χ3n) is 6.57. The molecule has 7 heteroatoms. The third kappa shape index (κ3) is 2.42. The molecule has 4 bridgehead atoms. The first-order chi connectivity index (χ1) is 11.5. The van der Waals surface area contributed by atoms with E-state index in [0.29, 0.717) is 17.4 Å². The summed E-state index contributed by atoms with van der Waals surface area (Å²) in [7, 11) is 0. The number of nitrogens with one attached hydrogen (secondary N) is 2. The Morgan fingerprint density at radius 3 is 2.67 bits per heavy atom. The van der Waals surface area contributed by atoms with Gasteiger partial charge in [-0.15, -0.1) is 0 Å². The van der Waals surface area contributed by atoms with E-state index in [2.05, 4.69) is 36.0 Å². The maximum Gasteiger partial charge on any atom is 0.226 e. The second-order valence-electron chi connectivity index (χ2n) is 8.62. The highest BCUT2D eigenvalue weighted by atomic mass is 79.9. The summed E-state index contributed by atoms with van der Waals surface area (Å²) in [4.78, 5) is 13.1. The minimum atomic E-state index is -0.162. The molecule has 1 aromatic heterocycles. The van der Waals surface area contributed by atoms with Crippen LogP contribution in [-0.2, 0) is 11.3 Å². The average Bonchev–Trinajstić information content (AvgIpc) is 3.25. The maximum atomic E-state index is 13.1. The van der Waals surface area contributed by atoms with Gasteiger partial charge in [0.1, 0.15) is 0 Å². The molecule has 5 saturated carbocycles. The molecule has 5 nitrogen and oxygen atoms in total. The highest BCUT2D eigenvalue weighted by Gasteiger charge is 2.59. The van der Waals surface area contributed by atoms with E-state index in [1.165, 1.54) is 19.3 Å². The van der Waals surface area contributed by atoms with Gasteiger partial charge in [-0.3, -0.25) is 14.5 Å². The van der Waals surface area contributed by atoms with E-state index in [1.54, 1.807) is 0 Å². The van der Waals surface area contributed by atoms with Crippen LogP contribution in [-0.4, -0.2) is 25.0 Å². The van der Waals surface area contributed by atoms with Gasteiger partial charge in [-0.1, -0.05) is 15.9 Å². The molecule has 5 aliphatic carbocycles. The van der Waals surface area contributed by atoms with Crippen LogP contribution in [0.2, 0.25) is 0 Å². The SMILES string of the molecule is O=C(NCc1n[nH]c(=S)n1C1CC1)C12CC3CC(CC(Br)(C3)C1)C2. The van der Waals surface area contributed by atoms with E-state index >= 15 is 0 Å². The molecular weight excluding hydrogens is 388 g/mol. The fourth-order valence-corrected chi connectivity index (χ4v) is 7.69. The van der Waals surface area contributed by atoms with Crippen LogP contribution in [0, 0.1) is 22.0 Å². The summed E-state index contributed by atoms with van der Waals surface area (Å²) in [6, 6.07) is 0.480. The van der Waals surface area contributed by atoms with Gasteiger partial charge in [-0.05, 0) is 75.4 Å². The van der Waals surface area contributed by atoms with E-state index in [0.717, 1.165) is 49.8 Å². The lowest BCUT2D eigenvalue weighted by Gasteiger charge is -2.59. The molecule has 1 heterocycles. The van der Waals surface area contributed by atoms with Gasteiger partial charge < -0.3 is 5.32 Å². The number of amides is 1. The van der Waals surface area contributed by atoms with E-state index in [1.807, 2.05) is 0 Å². The van der Waals surface area contributed by atoms with Crippen molar-refractivity contribution in [3.05, 3.63) is 10.6 Å². The van der Waals surface area contributed by atoms with Crippen molar-refractivity contribution in [1.29, 1.82) is 0 Å². The lowest BCUT2D eigenvalue weighted by molar-refractivity contribution is -0.144. The van der Waals surface area contributed by atoms with Crippen LogP contribution in [0.15, 0.2) is 0 Å². The Bertz CT molecular complexity index is 738. The predicted molar refractivity (Wildman–Crippen MR) is 96.3 cm³/mol. The van der Waals surface area contributed by atoms with Crippen LogP contribution in [0.1, 0.15) is 63.2 Å². The van der Waals surface area contributed by atoms with Crippen LogP contribution in [0.4, 0.5) is 0 Å². The minimum absolute atomic E-state index is 0.162. The van der Waals surface area contributed by atoms with Crippen LogP contribution >= 0.6 is 28.1 Å². The normalized spacial score (nSPS) is 40.0. The second kappa shape index (κ2) is 5.16. The lowest BCUT2D eigenvalue weighted by atomic mass is 9.49. The molecule has 24 heavy (non-hydrogen) atoms. The molecule has 2 unspecified atom stereocenters. The molecule has 0 spiro atoms. The number of carbonyl (C=O) groups is 1. The van der Waals surface area contributed by atoms with Crippen molar-refractivity contribution in [2.24, 2.45) is 17.3 Å². The zero-order valence-electron chi connectivity index (χ0n) is 13.7. The number of aromatic amines is 1. The quantitative estimate of drug-likeness (QED) is 0.588. The molecule has 130 valence electrons. The van der Waals surface area contributed by atoms with Crippen molar-refractivity contribution in [1.82, 2.24) is 20.1 Å². The van der Waals surface area contributed by atoms with Crippen LogP contribution in [0.25, 0.3) is 0 Å². The molecule has 2 atom stereocenters. The molecule has 0 aliphatic heterocycles. The molecular formula is C17H23BrN4OS. The predicted octanol–water partition coefficient (Wildman–Crippen LogP) is 3.63. The van der Waals surface area contributed by atoms with Crippen molar-refractivity contribution in [3.8, 4) is 0 Å². The molecule has 5 aliphatic rings. The third-order valence-corrected chi connectivity index (χ3v) is 7.78. The standard InChI is InChI=1S/C17H23BrN4OS/c18-17-6-10-3-11(7-17)5-16(4-10,9-17)14(23)19-8-13-20-21-15(24)22(13)12-1-2-12/h10-12H,1-9H2,(H,19,23)(H,21,24). The molecule has 2 N–H and O–H groups in total. The average molecular weight is 411 g/mol. The van der Waals surface area contributed by atoms with Gasteiger partial charge in [0.25, 0.3) is 0 Å². The Kier molecular flexibility index (Phi) is 3.34. The molecule has 0 radical (unpaired) electrons. The number of hydrogen-bond acceptors (Lipinski definition) is 3. The number of halogens is 1. The maximum absolute atomic E-state index is 13.1. The van der Waals surface area contributed by atoms with Crippen LogP contribution in [0.3, 0.4) is 0 Å². The Morgan fingerprint density at radius 2 is 2.04 bits per heavy atom. The fraction of sp³-hybridized carbons (Fsp3) is 0.824. The van der Waals surface area contributed by atoms with Gasteiger partial charge in [-0.2, -0.15) is 5.10 Å². The monoisotopic (exact) mass is 410 g/mol. The van der Waals surface area contributed by atoms with E-state index in [4.69, 9.17) is 12.2 Å². The van der Waals surface area contributed by atoms with Crippen molar-refractivity contribution in [3.63, 3.8) is 0 Å². The van der Waals surface area contributed by atoms with E-state index < -0.39 is 0 Å². The van der Waals surface area contributed by atoms with Crippen LogP contribution in [0.5, 0.6) is 0 Å². The van der Waals surface area contributed by atoms with Gasteiger partial charge in [0.2, 0.25) is 5.91 Å². The van der Waals surface area contributed by atoms with Gasteiger partial charge in [0.05, 0.1) is 12.0 Å². The summed E-state index contributed by atoms with van der Waals surface area (Å²) in [6.07, 6.45) is 9.27. The molecule has 0 saturated heterocycles. The van der Waals surface area contributed by atoms with Gasteiger partial charge in [-0.25, -0.2) is 0 Å². The second-order valence-corrected chi connectivity index (χ2v) is 10.7. The first-order valence-corrected chi connectivity index (χ1v) is 10.3. The number of aromatic nitrogens is 3. The first-order valence-electron chi connectivity index (χ1n) is 9.09. The van der Waals surface area contributed by atoms with E-state index in [-0.39, 0.29) is 15.6 Å². The van der Waals surface area contributed by atoms with Gasteiger partial charge in [0, 0.05) is 10.4 Å². The topological polar surface area (TPSA) is 62.7 Å². The van der Waals surface area contributed by atoms with Crippen molar-refractivity contribution < 1.29 is 4.79 Å². The largest absolute Gasteiger partial charge is 0.348 e. The number of H-pyrrole nitrogens is 1. The summed E-state index contributed by atoms with van der Waals surface area (Å²) < 4.78 is 2.97. The minimum Gasteiger partial charge on any atom is -0.348 e. The zero-order chi connectivity index (χ0) is 16.5. The molecule has 6 rings (SSSR count). The Balaban J connectivity index is 1.33. The van der Waals surface area contributed by atoms with Crippen molar-refractivity contribution >= 4 is 34.1 Å². The first kappa shape index (κ1) is 15.6. The van der Waals surface area contributed by atoms with Crippen LogP contribution < -0.4 is 5.32 Å². The number of carbonyl (C=O) groups excluding carboxylic acids is 1. The number of hydrogen-bond donors (Lipinski definition) is 2. The number of alkyl halides is 1. The Labute approximate surface area is 155 Å². The Morgan fingerprint density at radius 1 is 1.33 bits per heavy atom. The molecule has 0 aromatic carbocycles. The van der Waals surface area contributed by atoms with Crippen molar-refractivity contribution in [2.45, 2.75) is 68.3 Å². The van der Waals surface area contributed by atoms with Gasteiger partial charge >= 0.3 is 0 Å². The number of rotatable bonds is 4. The highest BCUT2D eigenvalue weighted by Crippen LogP contribution is 2.64. The number of nitrogens with zero attached hydrogens (tertiary/aromatic N) is 2. The lowest BCUT2D eigenvalue weighted by Crippen LogP contribution is -2.58. The summed E-state index contributed by atoms with van der Waals surface area (Å²) >= 11 is 9.31. The smallest absolute Gasteiger partial charge is 0.226 e. The summed E-state index contributed by atoms with van der Waals surface area (Å²) in [6.45, 7) is 0.481. The molecule has 1 amide bonds. The molecule has 1 aromatic rings. The molecule has 5 fully saturated rings. The zero-order valence-corrected chi connectivity index (χ0v) is 16.1. The summed E-state index contributed by atoms with van der Waals surface area (Å²) in [5, 5.41) is 10.4. The summed E-state index contributed by atoms with van der Waals surface area (Å²) in [5.74, 6) is 2.54. The highest BCUT2D eigenvalue weighted by molar-refractivity contribution is 9.10. The Hall–Kier alpha value is -0.690. The van der Waals surface area contributed by atoms with Crippen molar-refractivity contribution in [2.75, 3.05) is 0 Å².